The summed E-state index contributed by atoms with van der Waals surface area (Å²) in [5.74, 6) is 0. The lowest BCUT2D eigenvalue weighted by Crippen LogP contribution is -1.88. The van der Waals surface area contributed by atoms with Crippen molar-refractivity contribution in [2.45, 2.75) is 0 Å². The summed E-state index contributed by atoms with van der Waals surface area (Å²) >= 11 is 0. The lowest BCUT2D eigenvalue weighted by atomic mass is 10.2. The molecule has 2 heteroatoms. The highest BCUT2D eigenvalue weighted by Gasteiger charge is 2.00. The van der Waals surface area contributed by atoms with Gasteiger partial charge < -0.3 is 11.1 Å². The third-order valence-corrected chi connectivity index (χ3v) is 1.22. The van der Waals surface area contributed by atoms with Gasteiger partial charge in [0.15, 0.2) is 0 Å². The van der Waals surface area contributed by atoms with Crippen LogP contribution in [0.4, 0.5) is 0 Å². The van der Waals surface area contributed by atoms with Crippen molar-refractivity contribution in [3.8, 4) is 0 Å². The first-order valence-electron chi connectivity index (χ1n) is 2.69. The minimum Gasteiger partial charge on any atom is -0.404 e. The van der Waals surface area contributed by atoms with Crippen LogP contribution in [0.2, 0.25) is 0 Å². The fourth-order valence-electron chi connectivity index (χ4n) is 0.731. The second kappa shape index (κ2) is 2.31. The Balaban J connectivity index is 2.91. The van der Waals surface area contributed by atoms with Crippen LogP contribution in [-0.2, 0) is 0 Å². The van der Waals surface area contributed by atoms with Crippen molar-refractivity contribution in [2.24, 2.45) is 5.73 Å². The topological polar surface area (TPSA) is 49.9 Å². The second-order valence-corrected chi connectivity index (χ2v) is 1.75. The van der Waals surface area contributed by atoms with Gasteiger partial charge in [-0.25, -0.2) is 0 Å². The molecule has 0 aromatic heterocycles. The maximum absolute atomic E-state index is 6.90. The molecule has 0 atom stereocenters. The molecule has 0 aromatic carbocycles. The summed E-state index contributed by atoms with van der Waals surface area (Å²) in [5, 5.41) is 6.90. The van der Waals surface area contributed by atoms with E-state index in [4.69, 9.17) is 11.1 Å². The molecular weight excluding hydrogens is 112 g/mol. The van der Waals surface area contributed by atoms with Crippen LogP contribution in [0.5, 0.6) is 0 Å². The molecular formula is C7H8N2. The molecule has 0 saturated carbocycles. The first-order valence-corrected chi connectivity index (χ1v) is 2.69. The van der Waals surface area contributed by atoms with Crippen molar-refractivity contribution in [3.05, 3.63) is 35.6 Å². The molecule has 0 heterocycles. The van der Waals surface area contributed by atoms with Crippen LogP contribution >= 0.6 is 0 Å². The van der Waals surface area contributed by atoms with Gasteiger partial charge in [-0.3, -0.25) is 0 Å². The normalized spacial score (nSPS) is 20.4. The summed E-state index contributed by atoms with van der Waals surface area (Å²) < 4.78 is 0. The van der Waals surface area contributed by atoms with Crippen LogP contribution < -0.4 is 5.73 Å². The molecule has 0 radical (unpaired) electrons. The fourth-order valence-corrected chi connectivity index (χ4v) is 0.731. The molecule has 9 heavy (non-hydrogen) atoms. The minimum atomic E-state index is 0.873. The molecule has 0 aliphatic heterocycles. The summed E-state index contributed by atoms with van der Waals surface area (Å²) in [6, 6.07) is 0. The van der Waals surface area contributed by atoms with Gasteiger partial charge in [-0.1, -0.05) is 18.2 Å². The fraction of sp³-hybridized carbons (Fsp3) is 0. The summed E-state index contributed by atoms with van der Waals surface area (Å²) in [7, 11) is 0. The van der Waals surface area contributed by atoms with Crippen LogP contribution in [0.1, 0.15) is 0 Å². The smallest absolute Gasteiger partial charge is 0.0256 e. The van der Waals surface area contributed by atoms with E-state index >= 15 is 0 Å². The highest BCUT2D eigenvalue weighted by molar-refractivity contribution is 5.85. The van der Waals surface area contributed by atoms with E-state index in [0.717, 1.165) is 11.1 Å². The number of allylic oxidation sites excluding steroid dienone is 5. The van der Waals surface area contributed by atoms with Crippen LogP contribution in [0.15, 0.2) is 35.6 Å². The number of nitrogens with two attached hydrogens (primary N) is 1. The lowest BCUT2D eigenvalue weighted by Gasteiger charge is -1.91. The molecule has 0 unspecified atom stereocenters. The Hall–Kier alpha value is -1.31. The van der Waals surface area contributed by atoms with E-state index in [2.05, 4.69) is 0 Å². The van der Waals surface area contributed by atoms with E-state index in [1.807, 2.05) is 18.2 Å². The molecule has 0 bridgehead atoms. The van der Waals surface area contributed by atoms with E-state index in [-0.39, 0.29) is 0 Å². The zero-order chi connectivity index (χ0) is 6.69. The molecule has 0 fully saturated rings. The van der Waals surface area contributed by atoms with E-state index in [9.17, 15) is 0 Å². The Kier molecular flexibility index (Phi) is 1.49. The predicted molar refractivity (Wildman–Crippen MR) is 38.3 cm³/mol. The van der Waals surface area contributed by atoms with Gasteiger partial charge in [-0.05, 0) is 5.57 Å². The zero-order valence-corrected chi connectivity index (χ0v) is 4.96. The largest absolute Gasteiger partial charge is 0.404 e. The number of nitrogens with one attached hydrogen (secondary N) is 1. The van der Waals surface area contributed by atoms with E-state index in [1.54, 1.807) is 0 Å². The molecule has 1 rings (SSSR count). The number of hydrogen-bond donors (Lipinski definition) is 2. The van der Waals surface area contributed by atoms with Crippen molar-refractivity contribution < 1.29 is 0 Å². The van der Waals surface area contributed by atoms with Crippen molar-refractivity contribution >= 4 is 6.21 Å². The maximum atomic E-state index is 6.90. The summed E-state index contributed by atoms with van der Waals surface area (Å²) in [4.78, 5) is 0. The van der Waals surface area contributed by atoms with Crippen molar-refractivity contribution in [1.82, 2.24) is 0 Å². The molecule has 0 spiro atoms. The van der Waals surface area contributed by atoms with Gasteiger partial charge in [0.25, 0.3) is 0 Å². The Morgan fingerprint density at radius 2 is 2.33 bits per heavy atom. The van der Waals surface area contributed by atoms with Crippen molar-refractivity contribution in [2.75, 3.05) is 0 Å². The summed E-state index contributed by atoms with van der Waals surface area (Å²) in [6.45, 7) is 0. The first kappa shape index (κ1) is 5.82. The summed E-state index contributed by atoms with van der Waals surface area (Å²) in [5.41, 5.74) is 7.04. The average Bonchev–Trinajstić information content (AvgIpc) is 2.33. The molecule has 0 aromatic rings. The summed E-state index contributed by atoms with van der Waals surface area (Å²) in [6.07, 6.45) is 8.39. The lowest BCUT2D eigenvalue weighted by molar-refractivity contribution is 1.49. The maximum Gasteiger partial charge on any atom is 0.0256 e. The van der Waals surface area contributed by atoms with Gasteiger partial charge in [-0.2, -0.15) is 0 Å². The quantitative estimate of drug-likeness (QED) is 0.498. The van der Waals surface area contributed by atoms with Gasteiger partial charge >= 0.3 is 0 Å². The Morgan fingerprint density at radius 3 is 2.78 bits per heavy atom. The number of rotatable bonds is 1. The molecule has 0 amide bonds. The first-order chi connectivity index (χ1) is 4.38. The van der Waals surface area contributed by atoms with E-state index in [1.165, 1.54) is 12.4 Å². The minimum absolute atomic E-state index is 0.873. The van der Waals surface area contributed by atoms with Crippen LogP contribution in [0.25, 0.3) is 0 Å². The standard InChI is InChI=1S/C7H8N2/c8-4-6-2-1-3-7(6)5-9/h1-5,8H,9H2/b7-5+,8-4?. The monoisotopic (exact) mass is 120 g/mol. The Labute approximate surface area is 53.9 Å². The number of hydrogen-bond acceptors (Lipinski definition) is 2. The third kappa shape index (κ3) is 0.914. The average molecular weight is 120 g/mol. The predicted octanol–water partition coefficient (Wildman–Crippen LogP) is 0.975. The van der Waals surface area contributed by atoms with Gasteiger partial charge in [0.1, 0.15) is 0 Å². The van der Waals surface area contributed by atoms with Crippen molar-refractivity contribution in [3.63, 3.8) is 0 Å². The molecule has 1 aliphatic rings. The van der Waals surface area contributed by atoms with Crippen LogP contribution in [-0.4, -0.2) is 6.21 Å². The third-order valence-electron chi connectivity index (χ3n) is 1.22. The van der Waals surface area contributed by atoms with Crippen LogP contribution in [0.3, 0.4) is 0 Å². The van der Waals surface area contributed by atoms with Gasteiger partial charge in [0.05, 0.1) is 0 Å². The molecule has 1 aliphatic carbocycles. The van der Waals surface area contributed by atoms with Crippen LogP contribution in [0, 0.1) is 5.41 Å². The van der Waals surface area contributed by atoms with E-state index < -0.39 is 0 Å². The van der Waals surface area contributed by atoms with E-state index in [0.29, 0.717) is 0 Å². The molecule has 2 nitrogen and oxygen atoms in total. The Morgan fingerprint density at radius 1 is 1.56 bits per heavy atom. The zero-order valence-electron chi connectivity index (χ0n) is 4.96. The molecule has 3 N–H and O–H groups in total. The molecule has 0 saturated heterocycles. The van der Waals surface area contributed by atoms with Gasteiger partial charge in [0, 0.05) is 18.0 Å². The van der Waals surface area contributed by atoms with Gasteiger partial charge in [-0.15, -0.1) is 0 Å². The molecule has 46 valence electrons. The SMILES string of the molecule is N=CC1=CC=C/C1=C\N. The highest BCUT2D eigenvalue weighted by Crippen LogP contribution is 2.13. The highest BCUT2D eigenvalue weighted by atomic mass is 14.5. The van der Waals surface area contributed by atoms with Gasteiger partial charge in [0.2, 0.25) is 0 Å². The second-order valence-electron chi connectivity index (χ2n) is 1.75. The van der Waals surface area contributed by atoms with Crippen molar-refractivity contribution in [1.29, 1.82) is 5.41 Å². The Bertz CT molecular complexity index is 209.